The smallest absolute Gasteiger partial charge is 0.306 e. The summed E-state index contributed by atoms with van der Waals surface area (Å²) in [5.41, 5.74) is 1.52. The number of H-pyrrole nitrogens is 1. The molecule has 0 aliphatic carbocycles. The van der Waals surface area contributed by atoms with Crippen LogP contribution in [0.4, 0.5) is 0 Å². The molecular weight excluding hydrogens is 244 g/mol. The van der Waals surface area contributed by atoms with Gasteiger partial charge in [-0.05, 0) is 31.5 Å². The number of benzene rings is 1. The molecule has 0 saturated carbocycles. The van der Waals surface area contributed by atoms with Crippen molar-refractivity contribution >= 4 is 16.9 Å². The third kappa shape index (κ3) is 3.19. The summed E-state index contributed by atoms with van der Waals surface area (Å²) in [6.45, 7) is 4.07. The number of nitrogens with zero attached hydrogens (tertiary/aromatic N) is 1. The van der Waals surface area contributed by atoms with Crippen LogP contribution in [0.25, 0.3) is 10.9 Å². The van der Waals surface area contributed by atoms with Gasteiger partial charge in [-0.15, -0.1) is 0 Å². The first-order valence-corrected chi connectivity index (χ1v) is 6.25. The summed E-state index contributed by atoms with van der Waals surface area (Å²) in [5, 5.41) is 0.561. The molecule has 100 valence electrons. The minimum absolute atomic E-state index is 0.177. The van der Waals surface area contributed by atoms with Crippen LogP contribution in [0.1, 0.15) is 24.7 Å². The number of aromatic amines is 1. The molecule has 0 bridgehead atoms. The minimum Gasteiger partial charge on any atom is -0.466 e. The molecule has 0 aliphatic rings. The molecule has 5 nitrogen and oxygen atoms in total. The van der Waals surface area contributed by atoms with Gasteiger partial charge in [-0.1, -0.05) is 6.07 Å². The van der Waals surface area contributed by atoms with Crippen LogP contribution in [0.5, 0.6) is 0 Å². The molecule has 0 atom stereocenters. The molecule has 0 saturated heterocycles. The van der Waals surface area contributed by atoms with Crippen molar-refractivity contribution in [2.45, 2.75) is 26.7 Å². The first-order chi connectivity index (χ1) is 9.10. The summed E-state index contributed by atoms with van der Waals surface area (Å²) in [7, 11) is 0. The van der Waals surface area contributed by atoms with Crippen molar-refractivity contribution in [2.24, 2.45) is 0 Å². The summed E-state index contributed by atoms with van der Waals surface area (Å²) in [4.78, 5) is 30.2. The molecule has 0 radical (unpaired) electrons. The molecule has 1 heterocycles. The second-order valence-electron chi connectivity index (χ2n) is 4.34. The van der Waals surface area contributed by atoms with E-state index < -0.39 is 0 Å². The average molecular weight is 260 g/mol. The molecule has 2 rings (SSSR count). The third-order valence-corrected chi connectivity index (χ3v) is 2.78. The van der Waals surface area contributed by atoms with Gasteiger partial charge in [-0.2, -0.15) is 0 Å². The Morgan fingerprint density at radius 2 is 2.21 bits per heavy atom. The SMILES string of the molecule is CCOC(=O)CCc1nc2cc(C)ccc2c(=O)[nH]1. The molecule has 5 heteroatoms. The Morgan fingerprint density at radius 3 is 2.95 bits per heavy atom. The van der Waals surface area contributed by atoms with Crippen LogP contribution in [-0.2, 0) is 16.0 Å². The highest BCUT2D eigenvalue weighted by Crippen LogP contribution is 2.10. The van der Waals surface area contributed by atoms with E-state index in [1.54, 1.807) is 13.0 Å². The lowest BCUT2D eigenvalue weighted by atomic mass is 10.1. The number of aryl methyl sites for hydroxylation is 2. The Morgan fingerprint density at radius 1 is 1.42 bits per heavy atom. The van der Waals surface area contributed by atoms with Crippen molar-refractivity contribution in [3.8, 4) is 0 Å². The number of esters is 1. The summed E-state index contributed by atoms with van der Waals surface area (Å²) >= 11 is 0. The van der Waals surface area contributed by atoms with Crippen LogP contribution in [0.3, 0.4) is 0 Å². The zero-order chi connectivity index (χ0) is 13.8. The standard InChI is InChI=1S/C14H16N2O3/c1-3-19-13(17)7-6-12-15-11-8-9(2)4-5-10(11)14(18)16-12/h4-5,8H,3,6-7H2,1-2H3,(H,15,16,18). The van der Waals surface area contributed by atoms with Gasteiger partial charge >= 0.3 is 5.97 Å². The van der Waals surface area contributed by atoms with Crippen molar-refractivity contribution in [1.29, 1.82) is 0 Å². The van der Waals surface area contributed by atoms with Gasteiger partial charge < -0.3 is 9.72 Å². The molecule has 1 N–H and O–H groups in total. The van der Waals surface area contributed by atoms with Gasteiger partial charge in [0, 0.05) is 6.42 Å². The number of nitrogens with one attached hydrogen (secondary N) is 1. The van der Waals surface area contributed by atoms with E-state index in [1.165, 1.54) is 0 Å². The van der Waals surface area contributed by atoms with Crippen LogP contribution in [-0.4, -0.2) is 22.5 Å². The number of aromatic nitrogens is 2. The molecule has 2 aromatic rings. The summed E-state index contributed by atoms with van der Waals surface area (Å²) < 4.78 is 4.84. The Hall–Kier alpha value is -2.17. The van der Waals surface area contributed by atoms with Gasteiger partial charge in [0.2, 0.25) is 0 Å². The number of carbonyl (C=O) groups is 1. The number of hydrogen-bond donors (Lipinski definition) is 1. The molecule has 0 spiro atoms. The first kappa shape index (κ1) is 13.3. The highest BCUT2D eigenvalue weighted by Gasteiger charge is 2.07. The summed E-state index contributed by atoms with van der Waals surface area (Å²) in [6, 6.07) is 5.49. The van der Waals surface area contributed by atoms with E-state index >= 15 is 0 Å². The Labute approximate surface area is 110 Å². The summed E-state index contributed by atoms with van der Waals surface area (Å²) in [6.07, 6.45) is 0.589. The topological polar surface area (TPSA) is 72.0 Å². The first-order valence-electron chi connectivity index (χ1n) is 6.25. The van der Waals surface area contributed by atoms with Crippen LogP contribution in [0, 0.1) is 6.92 Å². The largest absolute Gasteiger partial charge is 0.466 e. The zero-order valence-corrected chi connectivity index (χ0v) is 11.0. The zero-order valence-electron chi connectivity index (χ0n) is 11.0. The normalized spacial score (nSPS) is 10.6. The second-order valence-corrected chi connectivity index (χ2v) is 4.34. The van der Waals surface area contributed by atoms with Crippen molar-refractivity contribution in [3.05, 3.63) is 39.9 Å². The predicted octanol–water partition coefficient (Wildman–Crippen LogP) is 1.73. The molecule has 1 aromatic heterocycles. The molecular formula is C14H16N2O3. The Bertz CT molecular complexity index is 661. The van der Waals surface area contributed by atoms with E-state index in [0.717, 1.165) is 5.56 Å². The molecule has 0 aliphatic heterocycles. The monoisotopic (exact) mass is 260 g/mol. The van der Waals surface area contributed by atoms with Gasteiger partial charge in [-0.3, -0.25) is 9.59 Å². The highest BCUT2D eigenvalue weighted by molar-refractivity contribution is 5.78. The van der Waals surface area contributed by atoms with Crippen LogP contribution >= 0.6 is 0 Å². The maximum Gasteiger partial charge on any atom is 0.306 e. The van der Waals surface area contributed by atoms with Gasteiger partial charge in [0.15, 0.2) is 0 Å². The highest BCUT2D eigenvalue weighted by atomic mass is 16.5. The lowest BCUT2D eigenvalue weighted by Crippen LogP contribution is -2.14. The van der Waals surface area contributed by atoms with Crippen LogP contribution in [0.15, 0.2) is 23.0 Å². The minimum atomic E-state index is -0.283. The number of fused-ring (bicyclic) bond motifs is 1. The maximum atomic E-state index is 11.9. The maximum absolute atomic E-state index is 11.9. The van der Waals surface area contributed by atoms with Crippen LogP contribution < -0.4 is 5.56 Å². The fourth-order valence-electron chi connectivity index (χ4n) is 1.87. The molecule has 0 unspecified atom stereocenters. The third-order valence-electron chi connectivity index (χ3n) is 2.78. The molecule has 1 aromatic carbocycles. The van der Waals surface area contributed by atoms with E-state index in [-0.39, 0.29) is 17.9 Å². The fraction of sp³-hybridized carbons (Fsp3) is 0.357. The van der Waals surface area contributed by atoms with Crippen molar-refractivity contribution < 1.29 is 9.53 Å². The lowest BCUT2D eigenvalue weighted by Gasteiger charge is -2.04. The number of rotatable bonds is 4. The summed E-state index contributed by atoms with van der Waals surface area (Å²) in [5.74, 6) is 0.227. The number of carbonyl (C=O) groups excluding carboxylic acids is 1. The van der Waals surface area contributed by atoms with Crippen LogP contribution in [0.2, 0.25) is 0 Å². The van der Waals surface area contributed by atoms with Crippen molar-refractivity contribution in [1.82, 2.24) is 9.97 Å². The Kier molecular flexibility index (Phi) is 3.94. The molecule has 19 heavy (non-hydrogen) atoms. The molecule has 0 amide bonds. The number of hydrogen-bond acceptors (Lipinski definition) is 4. The van der Waals surface area contributed by atoms with Crippen molar-refractivity contribution in [2.75, 3.05) is 6.61 Å². The van der Waals surface area contributed by atoms with Gasteiger partial charge in [-0.25, -0.2) is 4.98 Å². The predicted molar refractivity (Wildman–Crippen MR) is 72.1 cm³/mol. The van der Waals surface area contributed by atoms with E-state index in [9.17, 15) is 9.59 Å². The van der Waals surface area contributed by atoms with E-state index in [4.69, 9.17) is 4.74 Å². The lowest BCUT2D eigenvalue weighted by molar-refractivity contribution is -0.143. The fourth-order valence-corrected chi connectivity index (χ4v) is 1.87. The van der Waals surface area contributed by atoms with E-state index in [0.29, 0.717) is 29.8 Å². The van der Waals surface area contributed by atoms with E-state index in [2.05, 4.69) is 9.97 Å². The Balaban J connectivity index is 2.25. The average Bonchev–Trinajstić information content (AvgIpc) is 2.36. The van der Waals surface area contributed by atoms with E-state index in [1.807, 2.05) is 19.1 Å². The number of ether oxygens (including phenoxy) is 1. The van der Waals surface area contributed by atoms with Gasteiger partial charge in [0.1, 0.15) is 5.82 Å². The van der Waals surface area contributed by atoms with Gasteiger partial charge in [0.05, 0.1) is 23.9 Å². The molecule has 0 fully saturated rings. The second kappa shape index (κ2) is 5.65. The van der Waals surface area contributed by atoms with Crippen molar-refractivity contribution in [3.63, 3.8) is 0 Å². The van der Waals surface area contributed by atoms with Gasteiger partial charge in [0.25, 0.3) is 5.56 Å². The quantitative estimate of drug-likeness (QED) is 0.850.